The molecule has 1 heterocycles. The summed E-state index contributed by atoms with van der Waals surface area (Å²) in [6, 6.07) is 12.1. The Labute approximate surface area is 149 Å². The largest absolute Gasteiger partial charge is 0.490 e. The summed E-state index contributed by atoms with van der Waals surface area (Å²) in [7, 11) is 0. The molecule has 3 nitrogen and oxygen atoms in total. The fraction of sp³-hybridized carbons (Fsp3) is 0.318. The van der Waals surface area contributed by atoms with Gasteiger partial charge in [0.15, 0.2) is 17.3 Å². The second-order valence-electron chi connectivity index (χ2n) is 6.68. The van der Waals surface area contributed by atoms with Gasteiger partial charge in [-0.3, -0.25) is 4.79 Å². The van der Waals surface area contributed by atoms with Crippen molar-refractivity contribution in [1.82, 2.24) is 0 Å². The van der Waals surface area contributed by atoms with Crippen LogP contribution in [-0.4, -0.2) is 19.0 Å². The first kappa shape index (κ1) is 17.3. The van der Waals surface area contributed by atoms with Gasteiger partial charge in [0.25, 0.3) is 0 Å². The lowest BCUT2D eigenvalue weighted by molar-refractivity contribution is 0.0998. The standard InChI is InChI=1S/C22H24O3/c1-5-24-20-11-15(4)10-19-21(23)18(13-25-22(19)20)12-16-6-8-17(9-7-16)14(2)3/h6-12,14H,5,13H2,1-4H3/b18-12+. The molecule has 0 atom stereocenters. The zero-order chi connectivity index (χ0) is 18.0. The molecule has 2 aromatic carbocycles. The maximum atomic E-state index is 12.9. The van der Waals surface area contributed by atoms with Crippen molar-refractivity contribution in [2.24, 2.45) is 0 Å². The molecule has 0 unspecified atom stereocenters. The van der Waals surface area contributed by atoms with Crippen molar-refractivity contribution in [1.29, 1.82) is 0 Å². The molecule has 2 aromatic rings. The van der Waals surface area contributed by atoms with Crippen LogP contribution in [0.3, 0.4) is 0 Å². The van der Waals surface area contributed by atoms with Gasteiger partial charge in [-0.1, -0.05) is 38.1 Å². The van der Waals surface area contributed by atoms with E-state index in [9.17, 15) is 4.79 Å². The molecule has 25 heavy (non-hydrogen) atoms. The average molecular weight is 336 g/mol. The van der Waals surface area contributed by atoms with E-state index in [-0.39, 0.29) is 12.4 Å². The number of aryl methyl sites for hydroxylation is 1. The van der Waals surface area contributed by atoms with Gasteiger partial charge in [0.05, 0.1) is 12.2 Å². The van der Waals surface area contributed by atoms with Gasteiger partial charge in [-0.05, 0) is 54.7 Å². The Morgan fingerprint density at radius 1 is 1.20 bits per heavy atom. The monoisotopic (exact) mass is 336 g/mol. The zero-order valence-corrected chi connectivity index (χ0v) is 15.3. The number of carbonyl (C=O) groups excluding carboxylic acids is 1. The molecular weight excluding hydrogens is 312 g/mol. The molecule has 0 bridgehead atoms. The van der Waals surface area contributed by atoms with Crippen LogP contribution in [-0.2, 0) is 0 Å². The molecule has 0 N–H and O–H groups in total. The lowest BCUT2D eigenvalue weighted by Gasteiger charge is -2.22. The smallest absolute Gasteiger partial charge is 0.196 e. The molecule has 0 amide bonds. The Hall–Kier alpha value is -2.55. The summed E-state index contributed by atoms with van der Waals surface area (Å²) in [6.45, 7) is 9.02. The van der Waals surface area contributed by atoms with Crippen molar-refractivity contribution in [2.75, 3.05) is 13.2 Å². The van der Waals surface area contributed by atoms with Crippen LogP contribution in [0.4, 0.5) is 0 Å². The third kappa shape index (κ3) is 3.60. The van der Waals surface area contributed by atoms with E-state index in [0.717, 1.165) is 11.1 Å². The molecule has 0 spiro atoms. The van der Waals surface area contributed by atoms with Crippen LogP contribution >= 0.6 is 0 Å². The predicted octanol–water partition coefficient (Wildman–Crippen LogP) is 5.18. The highest BCUT2D eigenvalue weighted by molar-refractivity contribution is 6.14. The Balaban J connectivity index is 1.93. The molecule has 1 aliphatic heterocycles. The van der Waals surface area contributed by atoms with Crippen LogP contribution in [0.1, 0.15) is 53.7 Å². The van der Waals surface area contributed by atoms with Gasteiger partial charge in [0, 0.05) is 5.57 Å². The van der Waals surface area contributed by atoms with Gasteiger partial charge in [-0.25, -0.2) is 0 Å². The van der Waals surface area contributed by atoms with Crippen molar-refractivity contribution < 1.29 is 14.3 Å². The van der Waals surface area contributed by atoms with Gasteiger partial charge >= 0.3 is 0 Å². The van der Waals surface area contributed by atoms with Crippen molar-refractivity contribution in [2.45, 2.75) is 33.6 Å². The third-order valence-electron chi connectivity index (χ3n) is 4.35. The van der Waals surface area contributed by atoms with E-state index in [0.29, 0.717) is 35.2 Å². The van der Waals surface area contributed by atoms with Crippen molar-refractivity contribution in [3.05, 3.63) is 64.2 Å². The Morgan fingerprint density at radius 2 is 1.92 bits per heavy atom. The van der Waals surface area contributed by atoms with Crippen LogP contribution in [0.15, 0.2) is 42.0 Å². The van der Waals surface area contributed by atoms with Gasteiger partial charge < -0.3 is 9.47 Å². The lowest BCUT2D eigenvalue weighted by atomic mass is 9.95. The maximum absolute atomic E-state index is 12.9. The molecule has 0 fully saturated rings. The molecule has 1 aliphatic rings. The number of ether oxygens (including phenoxy) is 2. The van der Waals surface area contributed by atoms with E-state index >= 15 is 0 Å². The second kappa shape index (κ2) is 7.14. The van der Waals surface area contributed by atoms with Crippen LogP contribution in [0, 0.1) is 6.92 Å². The predicted molar refractivity (Wildman–Crippen MR) is 101 cm³/mol. The number of carbonyl (C=O) groups is 1. The van der Waals surface area contributed by atoms with Gasteiger partial charge in [0.1, 0.15) is 6.61 Å². The van der Waals surface area contributed by atoms with E-state index < -0.39 is 0 Å². The first-order chi connectivity index (χ1) is 12.0. The van der Waals surface area contributed by atoms with E-state index in [2.05, 4.69) is 26.0 Å². The molecule has 3 rings (SSSR count). The minimum Gasteiger partial charge on any atom is -0.490 e. The summed E-state index contributed by atoms with van der Waals surface area (Å²) < 4.78 is 11.5. The lowest BCUT2D eigenvalue weighted by Crippen LogP contribution is -2.20. The molecule has 0 saturated heterocycles. The Kier molecular flexibility index (Phi) is 4.93. The fourth-order valence-electron chi connectivity index (χ4n) is 2.99. The number of benzene rings is 2. The highest BCUT2D eigenvalue weighted by Gasteiger charge is 2.26. The molecule has 0 saturated carbocycles. The Bertz CT molecular complexity index is 814. The average Bonchev–Trinajstić information content (AvgIpc) is 2.58. The van der Waals surface area contributed by atoms with E-state index in [1.807, 2.05) is 44.2 Å². The van der Waals surface area contributed by atoms with E-state index in [1.54, 1.807) is 0 Å². The second-order valence-corrected chi connectivity index (χ2v) is 6.68. The van der Waals surface area contributed by atoms with Crippen molar-refractivity contribution in [3.8, 4) is 11.5 Å². The summed E-state index contributed by atoms with van der Waals surface area (Å²) in [5.74, 6) is 1.71. The van der Waals surface area contributed by atoms with Crippen LogP contribution in [0.5, 0.6) is 11.5 Å². The first-order valence-electron chi connectivity index (χ1n) is 8.75. The van der Waals surface area contributed by atoms with Crippen LogP contribution < -0.4 is 9.47 Å². The van der Waals surface area contributed by atoms with Gasteiger partial charge in [0.2, 0.25) is 0 Å². The highest BCUT2D eigenvalue weighted by Crippen LogP contribution is 2.37. The zero-order valence-electron chi connectivity index (χ0n) is 15.3. The van der Waals surface area contributed by atoms with Gasteiger partial charge in [-0.15, -0.1) is 0 Å². The number of ketones is 1. The number of hydrogen-bond acceptors (Lipinski definition) is 3. The molecule has 130 valence electrons. The normalized spacial score (nSPS) is 15.2. The van der Waals surface area contributed by atoms with Crippen LogP contribution in [0.25, 0.3) is 6.08 Å². The summed E-state index contributed by atoms with van der Waals surface area (Å²) in [5, 5.41) is 0. The SMILES string of the molecule is CCOc1cc(C)cc2c1OC/C(=C\c1ccc(C(C)C)cc1)C2=O. The molecule has 0 aliphatic carbocycles. The number of Topliss-reactive ketones (excluding diaryl/α,β-unsaturated/α-hetero) is 1. The van der Waals surface area contributed by atoms with Crippen molar-refractivity contribution >= 4 is 11.9 Å². The van der Waals surface area contributed by atoms with Crippen molar-refractivity contribution in [3.63, 3.8) is 0 Å². The number of fused-ring (bicyclic) bond motifs is 1. The van der Waals surface area contributed by atoms with E-state index in [1.165, 1.54) is 5.56 Å². The maximum Gasteiger partial charge on any atom is 0.196 e. The number of hydrogen-bond donors (Lipinski definition) is 0. The summed E-state index contributed by atoms with van der Waals surface area (Å²) in [5.41, 5.74) is 4.53. The Morgan fingerprint density at radius 3 is 2.56 bits per heavy atom. The molecule has 0 radical (unpaired) electrons. The fourth-order valence-corrected chi connectivity index (χ4v) is 2.99. The highest BCUT2D eigenvalue weighted by atomic mass is 16.5. The molecule has 3 heteroatoms. The molecular formula is C22H24O3. The van der Waals surface area contributed by atoms with Crippen LogP contribution in [0.2, 0.25) is 0 Å². The van der Waals surface area contributed by atoms with Gasteiger partial charge in [-0.2, -0.15) is 0 Å². The topological polar surface area (TPSA) is 35.5 Å². The minimum atomic E-state index is 0.0128. The minimum absolute atomic E-state index is 0.0128. The quantitative estimate of drug-likeness (QED) is 0.722. The number of rotatable bonds is 4. The molecule has 0 aromatic heterocycles. The first-order valence-corrected chi connectivity index (χ1v) is 8.75. The summed E-state index contributed by atoms with van der Waals surface area (Å²) in [4.78, 5) is 12.9. The third-order valence-corrected chi connectivity index (χ3v) is 4.35. The van der Waals surface area contributed by atoms with E-state index in [4.69, 9.17) is 9.47 Å². The summed E-state index contributed by atoms with van der Waals surface area (Å²) >= 11 is 0. The summed E-state index contributed by atoms with van der Waals surface area (Å²) in [6.07, 6.45) is 1.91.